The number of aliphatic hydroxyl groups excluding tert-OH is 1. The van der Waals surface area contributed by atoms with Gasteiger partial charge in [-0.15, -0.1) is 0 Å². The third-order valence-electron chi connectivity index (χ3n) is 4.22. The van der Waals surface area contributed by atoms with Gasteiger partial charge in [0.15, 0.2) is 0 Å². The number of hydrogen-bond acceptors (Lipinski definition) is 5. The molecule has 0 saturated carbocycles. The van der Waals surface area contributed by atoms with Gasteiger partial charge in [0.2, 0.25) is 11.7 Å². The predicted octanol–water partition coefficient (Wildman–Crippen LogP) is 2.25. The number of hydrogen-bond donors (Lipinski definition) is 1. The van der Waals surface area contributed by atoms with Crippen LogP contribution in [0, 0.1) is 12.8 Å². The van der Waals surface area contributed by atoms with E-state index in [1.165, 1.54) is 0 Å². The molecule has 5 heteroatoms. The van der Waals surface area contributed by atoms with Crippen molar-refractivity contribution in [3.05, 3.63) is 35.7 Å². The number of piperidine rings is 1. The summed E-state index contributed by atoms with van der Waals surface area (Å²) in [7, 11) is 0. The molecule has 0 bridgehead atoms. The fraction of sp³-hybridized carbons (Fsp3) is 0.500. The molecule has 0 spiro atoms. The van der Waals surface area contributed by atoms with Gasteiger partial charge < -0.3 is 9.63 Å². The van der Waals surface area contributed by atoms with Crippen molar-refractivity contribution in [3.8, 4) is 11.4 Å². The maximum Gasteiger partial charge on any atom is 0.241 e. The van der Waals surface area contributed by atoms with Crippen LogP contribution in [0.25, 0.3) is 11.4 Å². The number of aliphatic hydroxyl groups is 1. The molecule has 2 atom stereocenters. The van der Waals surface area contributed by atoms with E-state index < -0.39 is 0 Å². The van der Waals surface area contributed by atoms with Crippen molar-refractivity contribution in [2.75, 3.05) is 13.1 Å². The summed E-state index contributed by atoms with van der Waals surface area (Å²) < 4.78 is 5.35. The number of rotatable bonds is 3. The second-order valence-electron chi connectivity index (χ2n) is 5.90. The van der Waals surface area contributed by atoms with Crippen LogP contribution in [-0.4, -0.2) is 39.3 Å². The molecule has 0 aliphatic carbocycles. The monoisotopic (exact) mass is 287 g/mol. The molecule has 0 radical (unpaired) electrons. The van der Waals surface area contributed by atoms with Crippen molar-refractivity contribution in [2.45, 2.75) is 32.9 Å². The average Bonchev–Trinajstić information content (AvgIpc) is 2.92. The van der Waals surface area contributed by atoms with E-state index in [9.17, 15) is 5.11 Å². The van der Waals surface area contributed by atoms with E-state index in [0.29, 0.717) is 30.7 Å². The van der Waals surface area contributed by atoms with Crippen LogP contribution >= 0.6 is 0 Å². The molecule has 1 N–H and O–H groups in total. The highest BCUT2D eigenvalue weighted by atomic mass is 16.5. The topological polar surface area (TPSA) is 62.4 Å². The molecular weight excluding hydrogens is 266 g/mol. The van der Waals surface area contributed by atoms with E-state index in [1.807, 2.05) is 31.2 Å². The van der Waals surface area contributed by atoms with Crippen LogP contribution < -0.4 is 0 Å². The lowest BCUT2D eigenvalue weighted by atomic mass is 9.96. The van der Waals surface area contributed by atoms with Gasteiger partial charge in [-0.1, -0.05) is 36.3 Å². The molecule has 5 nitrogen and oxygen atoms in total. The van der Waals surface area contributed by atoms with Gasteiger partial charge >= 0.3 is 0 Å². The van der Waals surface area contributed by atoms with Crippen molar-refractivity contribution in [3.63, 3.8) is 0 Å². The van der Waals surface area contributed by atoms with Crippen molar-refractivity contribution in [1.82, 2.24) is 15.0 Å². The minimum Gasteiger partial charge on any atom is -0.392 e. The molecule has 21 heavy (non-hydrogen) atoms. The maximum absolute atomic E-state index is 9.94. The Morgan fingerprint density at radius 1 is 1.38 bits per heavy atom. The van der Waals surface area contributed by atoms with E-state index in [4.69, 9.17) is 4.52 Å². The zero-order valence-corrected chi connectivity index (χ0v) is 12.5. The van der Waals surface area contributed by atoms with E-state index in [2.05, 4.69) is 22.0 Å². The van der Waals surface area contributed by atoms with Crippen molar-refractivity contribution < 1.29 is 9.63 Å². The highest BCUT2D eigenvalue weighted by Gasteiger charge is 2.25. The molecule has 1 fully saturated rings. The van der Waals surface area contributed by atoms with Crippen LogP contribution in [0.4, 0.5) is 0 Å². The second kappa shape index (κ2) is 5.95. The molecule has 1 aromatic heterocycles. The number of likely N-dealkylation sites (tertiary alicyclic amines) is 1. The fourth-order valence-electron chi connectivity index (χ4n) is 2.70. The standard InChI is InChI=1S/C16H21N3O2/c1-11-5-3-4-6-13(11)16-17-15(21-18-16)10-19-8-7-12(2)14(20)9-19/h3-6,12,14,20H,7-10H2,1-2H3. The molecule has 1 aromatic carbocycles. The normalized spacial score (nSPS) is 23.4. The van der Waals surface area contributed by atoms with Crippen molar-refractivity contribution in [1.29, 1.82) is 0 Å². The minimum atomic E-state index is -0.266. The lowest BCUT2D eigenvalue weighted by molar-refractivity contribution is 0.0220. The van der Waals surface area contributed by atoms with E-state index in [1.54, 1.807) is 0 Å². The van der Waals surface area contributed by atoms with E-state index >= 15 is 0 Å². The first-order chi connectivity index (χ1) is 10.1. The Balaban J connectivity index is 1.70. The lowest BCUT2D eigenvalue weighted by Crippen LogP contribution is -2.42. The highest BCUT2D eigenvalue weighted by molar-refractivity contribution is 5.58. The van der Waals surface area contributed by atoms with Gasteiger partial charge in [-0.3, -0.25) is 4.90 Å². The predicted molar refractivity (Wildman–Crippen MR) is 79.5 cm³/mol. The van der Waals surface area contributed by atoms with Crippen LogP contribution in [0.3, 0.4) is 0 Å². The molecular formula is C16H21N3O2. The van der Waals surface area contributed by atoms with E-state index in [-0.39, 0.29) is 6.10 Å². The summed E-state index contributed by atoms with van der Waals surface area (Å²) in [4.78, 5) is 6.64. The zero-order chi connectivity index (χ0) is 14.8. The fourth-order valence-corrected chi connectivity index (χ4v) is 2.70. The Kier molecular flexibility index (Phi) is 4.03. The minimum absolute atomic E-state index is 0.266. The van der Waals surface area contributed by atoms with Crippen LogP contribution in [0.2, 0.25) is 0 Å². The van der Waals surface area contributed by atoms with Gasteiger partial charge in [0.05, 0.1) is 12.6 Å². The molecule has 2 aromatic rings. The third-order valence-corrected chi connectivity index (χ3v) is 4.22. The molecule has 1 aliphatic heterocycles. The van der Waals surface area contributed by atoms with Gasteiger partial charge in [0.25, 0.3) is 0 Å². The van der Waals surface area contributed by atoms with Crippen LogP contribution in [0.1, 0.15) is 24.8 Å². The Morgan fingerprint density at radius 2 is 2.19 bits per heavy atom. The Hall–Kier alpha value is -1.72. The first-order valence-corrected chi connectivity index (χ1v) is 7.42. The van der Waals surface area contributed by atoms with Crippen LogP contribution in [0.5, 0.6) is 0 Å². The summed E-state index contributed by atoms with van der Waals surface area (Å²) in [5, 5.41) is 14.0. The quantitative estimate of drug-likeness (QED) is 0.938. The maximum atomic E-state index is 9.94. The number of β-amino-alcohol motifs (C(OH)–C–C–N with tert-alkyl or cyclic N) is 1. The van der Waals surface area contributed by atoms with Crippen LogP contribution in [-0.2, 0) is 6.54 Å². The SMILES string of the molecule is Cc1ccccc1-c1noc(CN2CCC(C)C(O)C2)n1. The Labute approximate surface area is 124 Å². The molecule has 2 unspecified atom stereocenters. The smallest absolute Gasteiger partial charge is 0.241 e. The summed E-state index contributed by atoms with van der Waals surface area (Å²) in [5.74, 6) is 1.61. The average molecular weight is 287 g/mol. The molecule has 0 amide bonds. The largest absolute Gasteiger partial charge is 0.392 e. The highest BCUT2D eigenvalue weighted by Crippen LogP contribution is 2.22. The number of aryl methyl sites for hydroxylation is 1. The Morgan fingerprint density at radius 3 is 2.95 bits per heavy atom. The lowest BCUT2D eigenvalue weighted by Gasteiger charge is -2.33. The molecule has 1 aliphatic rings. The summed E-state index contributed by atoms with van der Waals surface area (Å²) in [6.45, 7) is 6.35. The van der Waals surface area contributed by atoms with Crippen molar-refractivity contribution >= 4 is 0 Å². The summed E-state index contributed by atoms with van der Waals surface area (Å²) in [5.41, 5.74) is 2.13. The zero-order valence-electron chi connectivity index (χ0n) is 12.5. The number of aromatic nitrogens is 2. The van der Waals surface area contributed by atoms with Crippen molar-refractivity contribution in [2.24, 2.45) is 5.92 Å². The van der Waals surface area contributed by atoms with Gasteiger partial charge in [-0.2, -0.15) is 4.98 Å². The number of nitrogens with zero attached hydrogens (tertiary/aromatic N) is 3. The third kappa shape index (κ3) is 3.14. The van der Waals surface area contributed by atoms with Gasteiger partial charge in [0, 0.05) is 12.1 Å². The molecule has 3 rings (SSSR count). The molecule has 112 valence electrons. The van der Waals surface area contributed by atoms with Gasteiger partial charge in [0.1, 0.15) is 0 Å². The molecule has 2 heterocycles. The Bertz CT molecular complexity index is 611. The van der Waals surface area contributed by atoms with Gasteiger partial charge in [-0.05, 0) is 31.4 Å². The summed E-state index contributed by atoms with van der Waals surface area (Å²) >= 11 is 0. The van der Waals surface area contributed by atoms with E-state index in [0.717, 1.165) is 24.1 Å². The second-order valence-corrected chi connectivity index (χ2v) is 5.90. The first-order valence-electron chi connectivity index (χ1n) is 7.42. The first kappa shape index (κ1) is 14.2. The number of benzene rings is 1. The summed E-state index contributed by atoms with van der Waals surface area (Å²) in [6.07, 6.45) is 0.734. The molecule has 1 saturated heterocycles. The van der Waals surface area contributed by atoms with Gasteiger partial charge in [-0.25, -0.2) is 0 Å². The van der Waals surface area contributed by atoms with Crippen LogP contribution in [0.15, 0.2) is 28.8 Å². The summed E-state index contributed by atoms with van der Waals surface area (Å²) in [6, 6.07) is 8.00.